The van der Waals surface area contributed by atoms with Gasteiger partial charge in [0.05, 0.1) is 11.5 Å². The quantitative estimate of drug-likeness (QED) is 0.753. The molecule has 19 heavy (non-hydrogen) atoms. The lowest BCUT2D eigenvalue weighted by atomic mass is 9.56. The van der Waals surface area contributed by atoms with Gasteiger partial charge in [-0.2, -0.15) is 0 Å². The summed E-state index contributed by atoms with van der Waals surface area (Å²) in [6.45, 7) is 4.15. The minimum absolute atomic E-state index is 0.149. The molecular formula is C16H24O3. The van der Waals surface area contributed by atoms with Crippen LogP contribution in [-0.2, 0) is 4.79 Å². The van der Waals surface area contributed by atoms with Gasteiger partial charge in [0.1, 0.15) is 0 Å². The summed E-state index contributed by atoms with van der Waals surface area (Å²) >= 11 is 0. The monoisotopic (exact) mass is 264 g/mol. The lowest BCUT2D eigenvalue weighted by Gasteiger charge is -2.48. The first-order valence-corrected chi connectivity index (χ1v) is 7.91. The Hall–Kier alpha value is -0.570. The molecule has 9 unspecified atom stereocenters. The second kappa shape index (κ2) is 3.55. The second-order valence-corrected chi connectivity index (χ2v) is 7.73. The number of rotatable bonds is 2. The molecule has 0 aliphatic heterocycles. The number of hydrogen-bond donors (Lipinski definition) is 2. The second-order valence-electron chi connectivity index (χ2n) is 7.73. The van der Waals surface area contributed by atoms with Gasteiger partial charge in [-0.05, 0) is 67.6 Å². The van der Waals surface area contributed by atoms with Crippen LogP contribution in [0.5, 0.6) is 0 Å². The van der Waals surface area contributed by atoms with Crippen LogP contribution >= 0.6 is 0 Å². The number of hydrogen-bond acceptors (Lipinski definition) is 2. The standard InChI is InChI=1S/C16H24O3/c1-3-10-8-6-11(16(10,2)15(18)19)14-9-4-7(13(8)14)5-12(9)17/h7-14,17H,3-6H2,1-2H3,(H,18,19). The minimum atomic E-state index is -0.595. The maximum atomic E-state index is 11.9. The van der Waals surface area contributed by atoms with Crippen LogP contribution in [0.25, 0.3) is 0 Å². The summed E-state index contributed by atoms with van der Waals surface area (Å²) in [4.78, 5) is 11.9. The van der Waals surface area contributed by atoms with E-state index in [9.17, 15) is 15.0 Å². The van der Waals surface area contributed by atoms with E-state index in [1.54, 1.807) is 0 Å². The van der Waals surface area contributed by atoms with Crippen molar-refractivity contribution in [3.63, 3.8) is 0 Å². The van der Waals surface area contributed by atoms with Gasteiger partial charge in [0.25, 0.3) is 0 Å². The Labute approximate surface area is 114 Å². The van der Waals surface area contributed by atoms with Gasteiger partial charge in [0.15, 0.2) is 0 Å². The minimum Gasteiger partial charge on any atom is -0.481 e. The van der Waals surface area contributed by atoms with E-state index in [-0.39, 0.29) is 6.10 Å². The number of carboxylic acids is 1. The van der Waals surface area contributed by atoms with Gasteiger partial charge in [0, 0.05) is 0 Å². The maximum Gasteiger partial charge on any atom is 0.309 e. The topological polar surface area (TPSA) is 57.5 Å². The van der Waals surface area contributed by atoms with E-state index in [1.807, 2.05) is 6.92 Å². The molecule has 2 N–H and O–H groups in total. The van der Waals surface area contributed by atoms with Crippen LogP contribution in [0.4, 0.5) is 0 Å². The van der Waals surface area contributed by atoms with E-state index < -0.39 is 11.4 Å². The van der Waals surface area contributed by atoms with Gasteiger partial charge in [-0.1, -0.05) is 13.3 Å². The highest BCUT2D eigenvalue weighted by molar-refractivity contribution is 5.76. The van der Waals surface area contributed by atoms with Gasteiger partial charge in [-0.25, -0.2) is 0 Å². The third-order valence-electron chi connectivity index (χ3n) is 7.54. The molecule has 4 rings (SSSR count). The lowest BCUT2D eigenvalue weighted by Crippen LogP contribution is -2.50. The van der Waals surface area contributed by atoms with Gasteiger partial charge in [-0.15, -0.1) is 0 Å². The van der Waals surface area contributed by atoms with Crippen molar-refractivity contribution in [2.75, 3.05) is 0 Å². The highest BCUT2D eigenvalue weighted by atomic mass is 16.4. The number of aliphatic carboxylic acids is 1. The molecule has 0 aromatic rings. The fraction of sp³-hybridized carbons (Fsp3) is 0.938. The molecule has 0 aromatic carbocycles. The summed E-state index contributed by atoms with van der Waals surface area (Å²) < 4.78 is 0. The van der Waals surface area contributed by atoms with Gasteiger partial charge < -0.3 is 10.2 Å². The molecule has 4 aliphatic rings. The highest BCUT2D eigenvalue weighted by Crippen LogP contribution is 2.74. The summed E-state index contributed by atoms with van der Waals surface area (Å²) in [5.41, 5.74) is -0.537. The van der Waals surface area contributed by atoms with Crippen LogP contribution in [0.2, 0.25) is 0 Å². The Balaban J connectivity index is 1.76. The zero-order chi connectivity index (χ0) is 13.5. The molecular weight excluding hydrogens is 240 g/mol. The van der Waals surface area contributed by atoms with Gasteiger partial charge in [-0.3, -0.25) is 4.79 Å². The van der Waals surface area contributed by atoms with Crippen molar-refractivity contribution in [2.45, 2.75) is 45.6 Å². The van der Waals surface area contributed by atoms with Crippen LogP contribution in [0, 0.1) is 46.8 Å². The summed E-state index contributed by atoms with van der Waals surface area (Å²) in [5, 5.41) is 20.0. The molecule has 0 spiro atoms. The van der Waals surface area contributed by atoms with E-state index in [4.69, 9.17) is 0 Å². The van der Waals surface area contributed by atoms with E-state index in [2.05, 4.69) is 6.92 Å². The first kappa shape index (κ1) is 12.2. The Morgan fingerprint density at radius 3 is 2.58 bits per heavy atom. The highest BCUT2D eigenvalue weighted by Gasteiger charge is 2.72. The Morgan fingerprint density at radius 2 is 1.95 bits per heavy atom. The summed E-state index contributed by atoms with van der Waals surface area (Å²) in [5.74, 6) is 3.01. The van der Waals surface area contributed by atoms with Gasteiger partial charge in [0.2, 0.25) is 0 Å². The molecule has 0 aromatic heterocycles. The van der Waals surface area contributed by atoms with E-state index >= 15 is 0 Å². The predicted molar refractivity (Wildman–Crippen MR) is 70.3 cm³/mol. The first-order chi connectivity index (χ1) is 9.00. The number of aliphatic hydroxyl groups is 1. The number of fused-ring (bicyclic) bond motifs is 9. The van der Waals surface area contributed by atoms with E-state index in [0.717, 1.165) is 31.6 Å². The molecule has 9 atom stereocenters. The fourth-order valence-electron chi connectivity index (χ4n) is 7.07. The van der Waals surface area contributed by atoms with Crippen LogP contribution in [0.1, 0.15) is 39.5 Å². The maximum absolute atomic E-state index is 11.9. The Bertz CT molecular complexity index is 434. The van der Waals surface area contributed by atoms with E-state index in [0.29, 0.717) is 35.5 Å². The third-order valence-corrected chi connectivity index (χ3v) is 7.54. The third kappa shape index (κ3) is 1.17. The Morgan fingerprint density at radius 1 is 1.21 bits per heavy atom. The zero-order valence-electron chi connectivity index (χ0n) is 11.7. The fourth-order valence-corrected chi connectivity index (χ4v) is 7.07. The van der Waals surface area contributed by atoms with Crippen molar-refractivity contribution < 1.29 is 15.0 Å². The number of carboxylic acid groups (broad SMARTS) is 1. The molecule has 0 amide bonds. The first-order valence-electron chi connectivity index (χ1n) is 7.91. The van der Waals surface area contributed by atoms with Crippen LogP contribution in [0.3, 0.4) is 0 Å². The number of aliphatic hydroxyl groups excluding tert-OH is 1. The van der Waals surface area contributed by atoms with Crippen molar-refractivity contribution in [3.05, 3.63) is 0 Å². The van der Waals surface area contributed by atoms with Crippen molar-refractivity contribution in [2.24, 2.45) is 46.8 Å². The molecule has 0 heterocycles. The summed E-state index contributed by atoms with van der Waals surface area (Å²) in [6.07, 6.45) is 4.10. The van der Waals surface area contributed by atoms with Gasteiger partial charge >= 0.3 is 5.97 Å². The van der Waals surface area contributed by atoms with Crippen molar-refractivity contribution in [3.8, 4) is 0 Å². The molecule has 106 valence electrons. The van der Waals surface area contributed by atoms with E-state index in [1.165, 1.54) is 0 Å². The van der Waals surface area contributed by atoms with Crippen LogP contribution < -0.4 is 0 Å². The molecule has 3 nitrogen and oxygen atoms in total. The average molecular weight is 264 g/mol. The molecule has 3 heteroatoms. The summed E-state index contributed by atoms with van der Waals surface area (Å²) in [7, 11) is 0. The number of carbonyl (C=O) groups is 1. The smallest absolute Gasteiger partial charge is 0.309 e. The SMILES string of the molecule is CCC1C2CC(C3C4CC(CC4O)C23)C1(C)C(=O)O. The molecule has 4 saturated carbocycles. The molecule has 4 aliphatic carbocycles. The normalized spacial score (nSPS) is 61.6. The van der Waals surface area contributed by atoms with Crippen molar-refractivity contribution >= 4 is 5.97 Å². The lowest BCUT2D eigenvalue weighted by molar-refractivity contribution is -0.161. The van der Waals surface area contributed by atoms with Crippen molar-refractivity contribution in [1.29, 1.82) is 0 Å². The van der Waals surface area contributed by atoms with Crippen LogP contribution in [0.15, 0.2) is 0 Å². The van der Waals surface area contributed by atoms with Crippen molar-refractivity contribution in [1.82, 2.24) is 0 Å². The molecule has 4 bridgehead atoms. The summed E-state index contributed by atoms with van der Waals surface area (Å²) in [6, 6.07) is 0. The molecule has 4 fully saturated rings. The average Bonchev–Trinajstić information content (AvgIpc) is 3.03. The molecule has 0 saturated heterocycles. The largest absolute Gasteiger partial charge is 0.481 e. The predicted octanol–water partition coefficient (Wildman–Crippen LogP) is 2.39. The zero-order valence-corrected chi connectivity index (χ0v) is 11.7. The Kier molecular flexibility index (Phi) is 2.27. The molecule has 0 radical (unpaired) electrons. The van der Waals surface area contributed by atoms with Crippen LogP contribution in [-0.4, -0.2) is 22.3 Å².